The molecule has 5 nitrogen and oxygen atoms in total. The number of rotatable bonds is 4. The molecule has 6 heteroatoms. The number of anilines is 1. The van der Waals surface area contributed by atoms with Gasteiger partial charge in [0.25, 0.3) is 0 Å². The van der Waals surface area contributed by atoms with Crippen LogP contribution in [-0.4, -0.2) is 40.6 Å². The van der Waals surface area contributed by atoms with Gasteiger partial charge < -0.3 is 15.2 Å². The zero-order chi connectivity index (χ0) is 15.8. The molecule has 23 heavy (non-hydrogen) atoms. The molecule has 0 aliphatic carbocycles. The van der Waals surface area contributed by atoms with Crippen molar-refractivity contribution in [2.45, 2.75) is 25.8 Å². The minimum Gasteiger partial charge on any atom is -0.362 e. The standard InChI is InChI=1S/C17H20FN5/c1-2-23-7-3-4-12(23)9-19-17-16-15(20-10-21-17)13-8-11(18)5-6-14(13)22-16/h5-6,8,10,12,22H,2-4,7,9H2,1H3,(H,19,20,21)/p+1/t12-/m1/s1. The van der Waals surface area contributed by atoms with Crippen molar-refractivity contribution >= 4 is 27.8 Å². The topological polar surface area (TPSA) is 58.0 Å². The van der Waals surface area contributed by atoms with Gasteiger partial charge in [0.05, 0.1) is 19.6 Å². The highest BCUT2D eigenvalue weighted by Gasteiger charge is 2.27. The maximum absolute atomic E-state index is 13.5. The maximum Gasteiger partial charge on any atom is 0.154 e. The monoisotopic (exact) mass is 314 g/mol. The third kappa shape index (κ3) is 2.53. The van der Waals surface area contributed by atoms with E-state index in [1.165, 1.54) is 31.5 Å². The number of hydrogen-bond donors (Lipinski definition) is 3. The minimum atomic E-state index is -0.250. The summed E-state index contributed by atoms with van der Waals surface area (Å²) in [4.78, 5) is 13.7. The van der Waals surface area contributed by atoms with E-state index < -0.39 is 0 Å². The van der Waals surface area contributed by atoms with Crippen molar-refractivity contribution in [1.29, 1.82) is 0 Å². The van der Waals surface area contributed by atoms with Gasteiger partial charge in [0, 0.05) is 23.7 Å². The van der Waals surface area contributed by atoms with Gasteiger partial charge in [-0.25, -0.2) is 14.4 Å². The predicted octanol–water partition coefficient (Wildman–Crippen LogP) is 1.73. The number of halogens is 1. The number of quaternary nitrogens is 1. The number of likely N-dealkylation sites (N-methyl/N-ethyl adjacent to an activating group) is 1. The van der Waals surface area contributed by atoms with Crippen molar-refractivity contribution in [1.82, 2.24) is 15.0 Å². The molecule has 120 valence electrons. The summed E-state index contributed by atoms with van der Waals surface area (Å²) in [7, 11) is 0. The molecule has 1 saturated heterocycles. The first kappa shape index (κ1) is 14.4. The van der Waals surface area contributed by atoms with E-state index in [0.29, 0.717) is 6.04 Å². The third-order valence-electron chi connectivity index (χ3n) is 4.94. The van der Waals surface area contributed by atoms with Gasteiger partial charge in [-0.15, -0.1) is 0 Å². The molecule has 1 aliphatic heterocycles. The van der Waals surface area contributed by atoms with Crippen LogP contribution in [-0.2, 0) is 0 Å². The van der Waals surface area contributed by atoms with Crippen molar-refractivity contribution in [3.63, 3.8) is 0 Å². The Labute approximate surface area is 133 Å². The smallest absolute Gasteiger partial charge is 0.154 e. The van der Waals surface area contributed by atoms with Crippen molar-refractivity contribution in [3.05, 3.63) is 30.3 Å². The Morgan fingerprint density at radius 3 is 3.17 bits per heavy atom. The molecule has 0 spiro atoms. The normalized spacial score (nSPS) is 21.3. The van der Waals surface area contributed by atoms with E-state index in [1.54, 1.807) is 17.3 Å². The van der Waals surface area contributed by atoms with Gasteiger partial charge in [-0.1, -0.05) is 0 Å². The van der Waals surface area contributed by atoms with E-state index in [0.717, 1.165) is 40.8 Å². The van der Waals surface area contributed by atoms with Crippen LogP contribution in [0.15, 0.2) is 24.5 Å². The summed E-state index contributed by atoms with van der Waals surface area (Å²) in [5, 5.41) is 4.27. The Morgan fingerprint density at radius 2 is 2.30 bits per heavy atom. The molecule has 1 aliphatic rings. The van der Waals surface area contributed by atoms with Crippen LogP contribution in [0.2, 0.25) is 0 Å². The molecular formula is C17H21FN5+. The van der Waals surface area contributed by atoms with Gasteiger partial charge >= 0.3 is 0 Å². The Morgan fingerprint density at radius 1 is 1.39 bits per heavy atom. The van der Waals surface area contributed by atoms with Crippen LogP contribution in [0.4, 0.5) is 10.2 Å². The van der Waals surface area contributed by atoms with Crippen LogP contribution < -0.4 is 10.2 Å². The lowest BCUT2D eigenvalue weighted by molar-refractivity contribution is -0.908. The molecule has 0 amide bonds. The first-order valence-electron chi connectivity index (χ1n) is 8.26. The fourth-order valence-electron chi connectivity index (χ4n) is 3.71. The van der Waals surface area contributed by atoms with Crippen LogP contribution in [0.3, 0.4) is 0 Å². The summed E-state index contributed by atoms with van der Waals surface area (Å²) < 4.78 is 13.5. The number of likely N-dealkylation sites (tertiary alicyclic amines) is 1. The lowest BCUT2D eigenvalue weighted by atomic mass is 10.2. The second kappa shape index (κ2) is 5.77. The molecule has 4 rings (SSSR count). The molecule has 2 aromatic heterocycles. The highest BCUT2D eigenvalue weighted by Crippen LogP contribution is 2.27. The number of aromatic nitrogens is 3. The van der Waals surface area contributed by atoms with Crippen LogP contribution in [0.25, 0.3) is 21.9 Å². The number of nitrogens with one attached hydrogen (secondary N) is 3. The summed E-state index contributed by atoms with van der Waals surface area (Å²) in [6, 6.07) is 5.35. The zero-order valence-corrected chi connectivity index (χ0v) is 13.2. The molecule has 3 N–H and O–H groups in total. The second-order valence-corrected chi connectivity index (χ2v) is 6.24. The molecule has 1 fully saturated rings. The van der Waals surface area contributed by atoms with E-state index in [-0.39, 0.29) is 5.82 Å². The van der Waals surface area contributed by atoms with Gasteiger partial charge in [0.1, 0.15) is 29.2 Å². The summed E-state index contributed by atoms with van der Waals surface area (Å²) >= 11 is 0. The summed E-state index contributed by atoms with van der Waals surface area (Å²) in [5.41, 5.74) is 2.50. The van der Waals surface area contributed by atoms with E-state index in [1.807, 2.05) is 0 Å². The second-order valence-electron chi connectivity index (χ2n) is 6.24. The zero-order valence-electron chi connectivity index (χ0n) is 13.2. The minimum absolute atomic E-state index is 0.250. The van der Waals surface area contributed by atoms with Crippen molar-refractivity contribution in [2.75, 3.05) is 25.0 Å². The predicted molar refractivity (Wildman–Crippen MR) is 89.2 cm³/mol. The van der Waals surface area contributed by atoms with E-state index >= 15 is 0 Å². The molecule has 3 heterocycles. The van der Waals surface area contributed by atoms with E-state index in [4.69, 9.17) is 0 Å². The lowest BCUT2D eigenvalue weighted by Crippen LogP contribution is -3.14. The first-order chi connectivity index (χ1) is 11.3. The molecule has 0 radical (unpaired) electrons. The fraction of sp³-hybridized carbons (Fsp3) is 0.412. The van der Waals surface area contributed by atoms with Gasteiger partial charge in [0.2, 0.25) is 0 Å². The number of nitrogens with zero attached hydrogens (tertiary/aromatic N) is 2. The summed E-state index contributed by atoms with van der Waals surface area (Å²) in [5.74, 6) is 0.550. The van der Waals surface area contributed by atoms with Gasteiger partial charge in [-0.2, -0.15) is 0 Å². The molecule has 0 saturated carbocycles. The summed E-state index contributed by atoms with van der Waals surface area (Å²) in [6.07, 6.45) is 4.09. The Kier molecular flexibility index (Phi) is 3.61. The van der Waals surface area contributed by atoms with Gasteiger partial charge in [0.15, 0.2) is 5.82 Å². The number of hydrogen-bond acceptors (Lipinski definition) is 3. The number of fused-ring (bicyclic) bond motifs is 3. The number of benzene rings is 1. The maximum atomic E-state index is 13.5. The quantitative estimate of drug-likeness (QED) is 0.687. The lowest BCUT2D eigenvalue weighted by Gasteiger charge is -2.20. The fourth-order valence-corrected chi connectivity index (χ4v) is 3.71. The van der Waals surface area contributed by atoms with Gasteiger partial charge in [-0.3, -0.25) is 0 Å². The average Bonchev–Trinajstić information content (AvgIpc) is 3.16. The molecular weight excluding hydrogens is 293 g/mol. The van der Waals surface area contributed by atoms with Crippen LogP contribution in [0, 0.1) is 5.82 Å². The van der Waals surface area contributed by atoms with Crippen LogP contribution in [0.1, 0.15) is 19.8 Å². The molecule has 2 atom stereocenters. The summed E-state index contributed by atoms with van der Waals surface area (Å²) in [6.45, 7) is 5.56. The van der Waals surface area contributed by atoms with Crippen LogP contribution >= 0.6 is 0 Å². The first-order valence-corrected chi connectivity index (χ1v) is 8.26. The average molecular weight is 314 g/mol. The SMILES string of the molecule is CC[NH+]1CCC[C@@H]1CNc1ncnc2c1[nH]c1ccc(F)cc12. The molecule has 0 bridgehead atoms. The van der Waals surface area contributed by atoms with Crippen molar-refractivity contribution in [3.8, 4) is 0 Å². The Hall–Kier alpha value is -2.21. The number of H-pyrrole nitrogens is 1. The third-order valence-corrected chi connectivity index (χ3v) is 4.94. The Balaban J connectivity index is 1.66. The van der Waals surface area contributed by atoms with E-state index in [2.05, 4.69) is 27.2 Å². The number of aromatic amines is 1. The van der Waals surface area contributed by atoms with E-state index in [9.17, 15) is 4.39 Å². The van der Waals surface area contributed by atoms with Crippen LogP contribution in [0.5, 0.6) is 0 Å². The highest BCUT2D eigenvalue weighted by molar-refractivity contribution is 6.07. The van der Waals surface area contributed by atoms with Crippen molar-refractivity contribution in [2.24, 2.45) is 0 Å². The molecule has 3 aromatic rings. The molecule has 1 unspecified atom stereocenters. The molecule has 1 aromatic carbocycles. The Bertz CT molecular complexity index is 843. The highest BCUT2D eigenvalue weighted by atomic mass is 19.1. The van der Waals surface area contributed by atoms with Gasteiger partial charge in [-0.05, 0) is 25.1 Å². The van der Waals surface area contributed by atoms with Crippen molar-refractivity contribution < 1.29 is 9.29 Å². The largest absolute Gasteiger partial charge is 0.362 e.